The highest BCUT2D eigenvalue weighted by Crippen LogP contribution is 2.25. The van der Waals surface area contributed by atoms with Crippen molar-refractivity contribution < 1.29 is 4.42 Å². The fourth-order valence-electron chi connectivity index (χ4n) is 3.75. The van der Waals surface area contributed by atoms with Gasteiger partial charge < -0.3 is 19.0 Å². The lowest BCUT2D eigenvalue weighted by molar-refractivity contribution is 0.485. The third kappa shape index (κ3) is 2.93. The van der Waals surface area contributed by atoms with Crippen LogP contribution in [0.3, 0.4) is 0 Å². The SMILES string of the molecule is Cc1cn2cc(-c3cc(=O)c4cc(N5CCN[C@@H](C)C5)ccc4o3)nc2cn1. The zero-order valence-corrected chi connectivity index (χ0v) is 15.8. The molecule has 3 aromatic heterocycles. The number of benzene rings is 1. The second kappa shape index (κ2) is 6.45. The van der Waals surface area contributed by atoms with Gasteiger partial charge in [0.05, 0.1) is 17.3 Å². The van der Waals surface area contributed by atoms with Crippen molar-refractivity contribution in [1.29, 1.82) is 0 Å². The summed E-state index contributed by atoms with van der Waals surface area (Å²) in [5.41, 5.74) is 3.78. The molecule has 7 heteroatoms. The van der Waals surface area contributed by atoms with Crippen molar-refractivity contribution in [3.05, 3.63) is 58.8 Å². The Labute approximate surface area is 161 Å². The van der Waals surface area contributed by atoms with Crippen LogP contribution in [0.15, 0.2) is 52.1 Å². The summed E-state index contributed by atoms with van der Waals surface area (Å²) in [6.45, 7) is 6.87. The van der Waals surface area contributed by atoms with E-state index < -0.39 is 0 Å². The third-order valence-corrected chi connectivity index (χ3v) is 5.17. The van der Waals surface area contributed by atoms with Crippen LogP contribution in [-0.4, -0.2) is 40.0 Å². The molecule has 7 nitrogen and oxygen atoms in total. The molecule has 1 atom stereocenters. The van der Waals surface area contributed by atoms with Crippen molar-refractivity contribution >= 4 is 22.3 Å². The van der Waals surface area contributed by atoms with Crippen molar-refractivity contribution in [3.63, 3.8) is 0 Å². The van der Waals surface area contributed by atoms with Gasteiger partial charge in [0.1, 0.15) is 11.3 Å². The molecule has 1 aliphatic rings. The Hall–Kier alpha value is -3.19. The fourth-order valence-corrected chi connectivity index (χ4v) is 3.75. The monoisotopic (exact) mass is 375 g/mol. The summed E-state index contributed by atoms with van der Waals surface area (Å²) in [4.78, 5) is 23.9. The first-order valence-corrected chi connectivity index (χ1v) is 9.45. The Bertz CT molecular complexity index is 1240. The van der Waals surface area contributed by atoms with E-state index >= 15 is 0 Å². The second-order valence-electron chi connectivity index (χ2n) is 7.38. The van der Waals surface area contributed by atoms with Gasteiger partial charge in [-0.1, -0.05) is 0 Å². The quantitative estimate of drug-likeness (QED) is 0.580. The van der Waals surface area contributed by atoms with E-state index in [0.717, 1.165) is 31.0 Å². The van der Waals surface area contributed by atoms with Gasteiger partial charge in [-0.25, -0.2) is 4.98 Å². The van der Waals surface area contributed by atoms with Crippen LogP contribution in [0.4, 0.5) is 5.69 Å². The predicted molar refractivity (Wildman–Crippen MR) is 109 cm³/mol. The molecule has 28 heavy (non-hydrogen) atoms. The lowest BCUT2D eigenvalue weighted by Crippen LogP contribution is -2.49. The first kappa shape index (κ1) is 16.9. The van der Waals surface area contributed by atoms with Crippen LogP contribution >= 0.6 is 0 Å². The van der Waals surface area contributed by atoms with Gasteiger partial charge >= 0.3 is 0 Å². The average Bonchev–Trinajstić information content (AvgIpc) is 3.11. The van der Waals surface area contributed by atoms with Crippen molar-refractivity contribution in [2.45, 2.75) is 19.9 Å². The molecular weight excluding hydrogens is 354 g/mol. The minimum absolute atomic E-state index is 0.0624. The number of hydrogen-bond acceptors (Lipinski definition) is 6. The number of rotatable bonds is 2. The van der Waals surface area contributed by atoms with E-state index in [1.54, 1.807) is 6.20 Å². The first-order valence-electron chi connectivity index (χ1n) is 9.45. The highest BCUT2D eigenvalue weighted by molar-refractivity contribution is 5.82. The molecule has 1 fully saturated rings. The second-order valence-corrected chi connectivity index (χ2v) is 7.38. The molecule has 0 amide bonds. The number of aryl methyl sites for hydroxylation is 1. The Kier molecular flexibility index (Phi) is 3.91. The largest absolute Gasteiger partial charge is 0.454 e. The zero-order valence-electron chi connectivity index (χ0n) is 15.8. The van der Waals surface area contributed by atoms with Gasteiger partial charge in [-0.05, 0) is 32.0 Å². The maximum atomic E-state index is 12.8. The van der Waals surface area contributed by atoms with Gasteiger partial charge in [0, 0.05) is 49.8 Å². The van der Waals surface area contributed by atoms with Gasteiger partial charge in [-0.2, -0.15) is 0 Å². The Morgan fingerprint density at radius 2 is 2.14 bits per heavy atom. The van der Waals surface area contributed by atoms with Crippen LogP contribution < -0.4 is 15.6 Å². The molecule has 4 heterocycles. The highest BCUT2D eigenvalue weighted by atomic mass is 16.3. The summed E-state index contributed by atoms with van der Waals surface area (Å²) >= 11 is 0. The molecule has 1 aliphatic heterocycles. The highest BCUT2D eigenvalue weighted by Gasteiger charge is 2.17. The molecule has 5 rings (SSSR count). The lowest BCUT2D eigenvalue weighted by Gasteiger charge is -2.33. The summed E-state index contributed by atoms with van der Waals surface area (Å²) in [5, 5.41) is 4.03. The number of nitrogens with zero attached hydrogens (tertiary/aromatic N) is 4. The van der Waals surface area contributed by atoms with E-state index in [4.69, 9.17) is 4.42 Å². The fraction of sp³-hybridized carbons (Fsp3) is 0.286. The summed E-state index contributed by atoms with van der Waals surface area (Å²) in [6, 6.07) is 7.78. The van der Waals surface area contributed by atoms with E-state index in [1.165, 1.54) is 6.07 Å². The van der Waals surface area contributed by atoms with Gasteiger partial charge in [0.2, 0.25) is 0 Å². The number of aromatic nitrogens is 3. The smallest absolute Gasteiger partial charge is 0.193 e. The molecule has 1 saturated heterocycles. The van der Waals surface area contributed by atoms with E-state index in [-0.39, 0.29) is 5.43 Å². The van der Waals surface area contributed by atoms with Crippen LogP contribution in [0.1, 0.15) is 12.6 Å². The number of piperazine rings is 1. The first-order chi connectivity index (χ1) is 13.6. The third-order valence-electron chi connectivity index (χ3n) is 5.17. The van der Waals surface area contributed by atoms with Gasteiger partial charge in [0.25, 0.3) is 0 Å². The molecule has 0 radical (unpaired) electrons. The molecular formula is C21H21N5O2. The maximum Gasteiger partial charge on any atom is 0.193 e. The lowest BCUT2D eigenvalue weighted by atomic mass is 10.1. The molecule has 0 saturated carbocycles. The average molecular weight is 375 g/mol. The Balaban J connectivity index is 1.56. The molecule has 0 spiro atoms. The number of imidazole rings is 1. The number of nitrogens with one attached hydrogen (secondary N) is 1. The standard InChI is InChI=1S/C21H21N5O2/c1-13-10-25(6-5-22-13)15-3-4-19-16(7-15)18(27)8-20(28-19)17-12-26-11-14(2)23-9-21(26)24-17/h3-4,7-9,11-13,22H,5-6,10H2,1-2H3/t13-/m0/s1. The number of anilines is 1. The number of hydrogen-bond donors (Lipinski definition) is 1. The van der Waals surface area contributed by atoms with Gasteiger partial charge in [0.15, 0.2) is 16.8 Å². The molecule has 0 unspecified atom stereocenters. The van der Waals surface area contributed by atoms with Crippen LogP contribution in [0, 0.1) is 6.92 Å². The van der Waals surface area contributed by atoms with E-state index in [1.807, 2.05) is 41.9 Å². The zero-order chi connectivity index (χ0) is 19.3. The van der Waals surface area contributed by atoms with Crippen LogP contribution in [0.2, 0.25) is 0 Å². The molecule has 0 bridgehead atoms. The molecule has 1 N–H and O–H groups in total. The van der Waals surface area contributed by atoms with E-state index in [9.17, 15) is 4.79 Å². The molecule has 142 valence electrons. The van der Waals surface area contributed by atoms with Crippen molar-refractivity contribution in [3.8, 4) is 11.5 Å². The van der Waals surface area contributed by atoms with Crippen molar-refractivity contribution in [2.75, 3.05) is 24.5 Å². The van der Waals surface area contributed by atoms with E-state index in [0.29, 0.717) is 34.1 Å². The summed E-state index contributed by atoms with van der Waals surface area (Å²) in [6.07, 6.45) is 5.45. The minimum atomic E-state index is -0.0624. The number of fused-ring (bicyclic) bond motifs is 2. The van der Waals surface area contributed by atoms with Crippen LogP contribution in [-0.2, 0) is 0 Å². The Morgan fingerprint density at radius 1 is 1.25 bits per heavy atom. The Morgan fingerprint density at radius 3 is 3.00 bits per heavy atom. The van der Waals surface area contributed by atoms with Gasteiger partial charge in [-0.15, -0.1) is 0 Å². The molecule has 0 aliphatic carbocycles. The molecule has 1 aromatic carbocycles. The van der Waals surface area contributed by atoms with Crippen molar-refractivity contribution in [1.82, 2.24) is 19.7 Å². The maximum absolute atomic E-state index is 12.8. The normalized spacial score (nSPS) is 17.5. The van der Waals surface area contributed by atoms with Gasteiger partial charge in [-0.3, -0.25) is 9.78 Å². The summed E-state index contributed by atoms with van der Waals surface area (Å²) < 4.78 is 7.91. The van der Waals surface area contributed by atoms with Crippen molar-refractivity contribution in [2.24, 2.45) is 0 Å². The summed E-state index contributed by atoms with van der Waals surface area (Å²) in [5.74, 6) is 0.461. The van der Waals surface area contributed by atoms with Crippen LogP contribution in [0.5, 0.6) is 0 Å². The van der Waals surface area contributed by atoms with E-state index in [2.05, 4.69) is 27.1 Å². The summed E-state index contributed by atoms with van der Waals surface area (Å²) in [7, 11) is 0. The molecule has 4 aromatic rings. The topological polar surface area (TPSA) is 75.7 Å². The van der Waals surface area contributed by atoms with Crippen LogP contribution in [0.25, 0.3) is 28.1 Å². The minimum Gasteiger partial charge on any atom is -0.454 e. The predicted octanol–water partition coefficient (Wildman–Crippen LogP) is 2.61.